The zero-order valence-electron chi connectivity index (χ0n) is 9.13. The summed E-state index contributed by atoms with van der Waals surface area (Å²) in [6, 6.07) is 5.40. The minimum Gasteiger partial charge on any atom is -0.328 e. The molecule has 3 heteroatoms. The van der Waals surface area contributed by atoms with Crippen LogP contribution in [0, 0.1) is 11.7 Å². The molecule has 84 valence electrons. The van der Waals surface area contributed by atoms with Gasteiger partial charge in [0.05, 0.1) is 4.47 Å². The molecule has 1 rings (SSSR count). The summed E-state index contributed by atoms with van der Waals surface area (Å²) in [4.78, 5) is 0. The minimum absolute atomic E-state index is 0.210. The van der Waals surface area contributed by atoms with Crippen molar-refractivity contribution >= 4 is 15.9 Å². The molecule has 0 heterocycles. The summed E-state index contributed by atoms with van der Waals surface area (Å²) in [5.41, 5.74) is 6.88. The fourth-order valence-electron chi connectivity index (χ4n) is 1.79. The van der Waals surface area contributed by atoms with Gasteiger partial charge in [-0.3, -0.25) is 0 Å². The molecule has 0 saturated heterocycles. The van der Waals surface area contributed by atoms with E-state index in [1.165, 1.54) is 6.07 Å². The smallest absolute Gasteiger partial charge is 0.137 e. The first-order valence-corrected chi connectivity index (χ1v) is 5.98. The van der Waals surface area contributed by atoms with Gasteiger partial charge in [-0.1, -0.05) is 13.0 Å². The van der Waals surface area contributed by atoms with Crippen LogP contribution in [0.4, 0.5) is 4.39 Å². The van der Waals surface area contributed by atoms with Crippen LogP contribution in [-0.2, 0) is 6.42 Å². The summed E-state index contributed by atoms with van der Waals surface area (Å²) in [6.07, 6.45) is 1.94. The molecular formula is C12H17BrFN. The molecule has 0 aromatic heterocycles. The fraction of sp³-hybridized carbons (Fsp3) is 0.500. The lowest BCUT2D eigenvalue weighted by Crippen LogP contribution is -2.19. The van der Waals surface area contributed by atoms with E-state index >= 15 is 0 Å². The second kappa shape index (κ2) is 5.61. The highest BCUT2D eigenvalue weighted by atomic mass is 79.9. The highest BCUT2D eigenvalue weighted by Gasteiger charge is 2.08. The summed E-state index contributed by atoms with van der Waals surface area (Å²) < 4.78 is 13.5. The quantitative estimate of drug-likeness (QED) is 0.893. The number of halogens is 2. The number of hydrogen-bond donors (Lipinski definition) is 1. The maximum Gasteiger partial charge on any atom is 0.137 e. The molecule has 1 aromatic rings. The lowest BCUT2D eigenvalue weighted by molar-refractivity contribution is 0.479. The van der Waals surface area contributed by atoms with Gasteiger partial charge in [-0.05, 0) is 59.3 Å². The van der Waals surface area contributed by atoms with Crippen LogP contribution in [-0.4, -0.2) is 6.04 Å². The molecule has 0 aliphatic rings. The third-order valence-corrected chi connectivity index (χ3v) is 2.95. The van der Waals surface area contributed by atoms with Crippen molar-refractivity contribution in [3.05, 3.63) is 34.1 Å². The predicted molar refractivity (Wildman–Crippen MR) is 65.2 cm³/mol. The second-order valence-corrected chi connectivity index (χ2v) is 5.13. The van der Waals surface area contributed by atoms with Crippen molar-refractivity contribution in [2.75, 3.05) is 0 Å². The average Bonchev–Trinajstić information content (AvgIpc) is 2.10. The third kappa shape index (κ3) is 4.31. The lowest BCUT2D eigenvalue weighted by atomic mass is 9.95. The van der Waals surface area contributed by atoms with Gasteiger partial charge in [0.2, 0.25) is 0 Å². The molecule has 0 amide bonds. The van der Waals surface area contributed by atoms with Crippen molar-refractivity contribution in [1.29, 1.82) is 0 Å². The summed E-state index contributed by atoms with van der Waals surface area (Å²) in [5, 5.41) is 0. The molecule has 2 atom stereocenters. The molecule has 0 aliphatic heterocycles. The van der Waals surface area contributed by atoms with Crippen molar-refractivity contribution in [2.24, 2.45) is 11.7 Å². The van der Waals surface area contributed by atoms with Crippen LogP contribution in [0.2, 0.25) is 0 Å². The summed E-state index contributed by atoms with van der Waals surface area (Å²) in [5.74, 6) is 0.320. The standard InChI is InChI=1S/C12H17BrFN/c1-8(5-9(2)15)6-10-3-4-12(14)11(13)7-10/h3-4,7-9H,5-6,15H2,1-2H3. The number of benzene rings is 1. The number of rotatable bonds is 4. The molecule has 15 heavy (non-hydrogen) atoms. The summed E-state index contributed by atoms with van der Waals surface area (Å²) in [6.45, 7) is 4.18. The van der Waals surface area contributed by atoms with Gasteiger partial charge in [-0.15, -0.1) is 0 Å². The van der Waals surface area contributed by atoms with Gasteiger partial charge >= 0.3 is 0 Å². The van der Waals surface area contributed by atoms with E-state index in [0.717, 1.165) is 18.4 Å². The molecule has 0 saturated carbocycles. The first-order chi connectivity index (χ1) is 6.99. The fourth-order valence-corrected chi connectivity index (χ4v) is 2.21. The number of hydrogen-bond acceptors (Lipinski definition) is 1. The molecular weight excluding hydrogens is 257 g/mol. The predicted octanol–water partition coefficient (Wildman–Crippen LogP) is 3.50. The van der Waals surface area contributed by atoms with Crippen molar-refractivity contribution < 1.29 is 4.39 Å². The SMILES string of the molecule is CC(N)CC(C)Cc1ccc(F)c(Br)c1. The Kier molecular flexibility index (Phi) is 4.74. The van der Waals surface area contributed by atoms with Crippen molar-refractivity contribution in [3.63, 3.8) is 0 Å². The average molecular weight is 274 g/mol. The first kappa shape index (κ1) is 12.7. The Morgan fingerprint density at radius 3 is 2.60 bits per heavy atom. The van der Waals surface area contributed by atoms with Gasteiger partial charge < -0.3 is 5.73 Å². The van der Waals surface area contributed by atoms with Crippen LogP contribution >= 0.6 is 15.9 Å². The van der Waals surface area contributed by atoms with E-state index in [9.17, 15) is 4.39 Å². The Balaban J connectivity index is 2.60. The monoisotopic (exact) mass is 273 g/mol. The second-order valence-electron chi connectivity index (χ2n) is 4.27. The van der Waals surface area contributed by atoms with Gasteiger partial charge in [0.25, 0.3) is 0 Å². The maximum absolute atomic E-state index is 13.0. The number of nitrogens with two attached hydrogens (primary N) is 1. The topological polar surface area (TPSA) is 26.0 Å². The summed E-state index contributed by atoms with van der Waals surface area (Å²) in [7, 11) is 0. The van der Waals surface area contributed by atoms with E-state index in [1.807, 2.05) is 19.1 Å². The van der Waals surface area contributed by atoms with Gasteiger partial charge in [-0.2, -0.15) is 0 Å². The van der Waals surface area contributed by atoms with Crippen LogP contribution < -0.4 is 5.73 Å². The van der Waals surface area contributed by atoms with Crippen molar-refractivity contribution in [2.45, 2.75) is 32.7 Å². The zero-order chi connectivity index (χ0) is 11.4. The van der Waals surface area contributed by atoms with Crippen LogP contribution in [0.3, 0.4) is 0 Å². The summed E-state index contributed by atoms with van der Waals surface area (Å²) >= 11 is 3.19. The zero-order valence-corrected chi connectivity index (χ0v) is 10.7. The van der Waals surface area contributed by atoms with Crippen LogP contribution in [0.1, 0.15) is 25.8 Å². The molecule has 0 spiro atoms. The third-order valence-electron chi connectivity index (χ3n) is 2.34. The van der Waals surface area contributed by atoms with Gasteiger partial charge in [0.1, 0.15) is 5.82 Å². The largest absolute Gasteiger partial charge is 0.328 e. The molecule has 2 N–H and O–H groups in total. The van der Waals surface area contributed by atoms with E-state index in [4.69, 9.17) is 5.73 Å². The highest BCUT2D eigenvalue weighted by Crippen LogP contribution is 2.20. The van der Waals surface area contributed by atoms with Crippen molar-refractivity contribution in [3.8, 4) is 0 Å². The Labute approximate surface area is 99.0 Å². The highest BCUT2D eigenvalue weighted by molar-refractivity contribution is 9.10. The Hall–Kier alpha value is -0.410. The molecule has 2 unspecified atom stereocenters. The molecule has 0 radical (unpaired) electrons. The van der Waals surface area contributed by atoms with Gasteiger partial charge in [-0.25, -0.2) is 4.39 Å². The van der Waals surface area contributed by atoms with E-state index in [-0.39, 0.29) is 11.9 Å². The first-order valence-electron chi connectivity index (χ1n) is 5.18. The van der Waals surface area contributed by atoms with E-state index in [1.54, 1.807) is 0 Å². The molecule has 1 aromatic carbocycles. The lowest BCUT2D eigenvalue weighted by Gasteiger charge is -2.14. The molecule has 0 bridgehead atoms. The van der Waals surface area contributed by atoms with Crippen LogP contribution in [0.5, 0.6) is 0 Å². The van der Waals surface area contributed by atoms with Gasteiger partial charge in [0.15, 0.2) is 0 Å². The Morgan fingerprint density at radius 2 is 2.07 bits per heavy atom. The maximum atomic E-state index is 13.0. The van der Waals surface area contributed by atoms with Crippen LogP contribution in [0.15, 0.2) is 22.7 Å². The van der Waals surface area contributed by atoms with E-state index in [0.29, 0.717) is 10.4 Å². The normalized spacial score (nSPS) is 15.0. The molecule has 1 nitrogen and oxygen atoms in total. The van der Waals surface area contributed by atoms with E-state index < -0.39 is 0 Å². The van der Waals surface area contributed by atoms with E-state index in [2.05, 4.69) is 22.9 Å². The molecule has 0 fully saturated rings. The van der Waals surface area contributed by atoms with Gasteiger partial charge in [0, 0.05) is 6.04 Å². The molecule has 0 aliphatic carbocycles. The Morgan fingerprint density at radius 1 is 1.40 bits per heavy atom. The Bertz CT molecular complexity index is 325. The van der Waals surface area contributed by atoms with Crippen molar-refractivity contribution in [1.82, 2.24) is 0 Å². The minimum atomic E-state index is -0.210. The van der Waals surface area contributed by atoms with Crippen LogP contribution in [0.25, 0.3) is 0 Å².